The zero-order valence-electron chi connectivity index (χ0n) is 15.1. The Morgan fingerprint density at radius 2 is 2.00 bits per heavy atom. The molecule has 2 aromatic carbocycles. The normalized spacial score (nSPS) is 18.2. The van der Waals surface area contributed by atoms with E-state index in [2.05, 4.69) is 12.2 Å². The molecule has 0 aromatic heterocycles. The largest absolute Gasteiger partial charge is 0.485 e. The van der Waals surface area contributed by atoms with Gasteiger partial charge in [0, 0.05) is 12.6 Å². The quantitative estimate of drug-likeness (QED) is 0.799. The minimum absolute atomic E-state index is 0.0328. The molecule has 26 heavy (non-hydrogen) atoms. The Balaban J connectivity index is 1.53. The average molecular weight is 355 g/mol. The molecule has 0 saturated heterocycles. The molecule has 0 bridgehead atoms. The Bertz CT molecular complexity index is 747. The molecule has 2 N–H and O–H groups in total. The maximum absolute atomic E-state index is 11.4. The third-order valence-corrected chi connectivity index (χ3v) is 4.51. The molecule has 0 radical (unpaired) electrons. The van der Waals surface area contributed by atoms with E-state index in [-0.39, 0.29) is 18.4 Å². The molecule has 0 spiro atoms. The first-order valence-corrected chi connectivity index (χ1v) is 8.92. The summed E-state index contributed by atoms with van der Waals surface area (Å²) < 4.78 is 11.3. The molecular formula is C21H25NO4. The second-order valence-corrected chi connectivity index (χ2v) is 6.75. The van der Waals surface area contributed by atoms with Gasteiger partial charge in [0.15, 0.2) is 23.4 Å². The van der Waals surface area contributed by atoms with E-state index in [1.54, 1.807) is 0 Å². The zero-order chi connectivity index (χ0) is 18.5. The first kappa shape index (κ1) is 18.4. The highest BCUT2D eigenvalue weighted by Gasteiger charge is 2.24. The number of carbonyl (C=O) groups is 1. The maximum Gasteiger partial charge on any atom is 0.190 e. The summed E-state index contributed by atoms with van der Waals surface area (Å²) in [5.74, 6) is 1.26. The van der Waals surface area contributed by atoms with Gasteiger partial charge in [-0.1, -0.05) is 36.4 Å². The second kappa shape index (κ2) is 8.34. The fourth-order valence-corrected chi connectivity index (χ4v) is 2.97. The van der Waals surface area contributed by atoms with E-state index in [1.165, 1.54) is 6.92 Å². The summed E-state index contributed by atoms with van der Waals surface area (Å²) in [6, 6.07) is 15.6. The number of aliphatic hydroxyl groups is 1. The van der Waals surface area contributed by atoms with Crippen molar-refractivity contribution < 1.29 is 19.4 Å². The van der Waals surface area contributed by atoms with Crippen LogP contribution in [0.4, 0.5) is 0 Å². The molecule has 5 nitrogen and oxygen atoms in total. The number of ether oxygens (including phenoxy) is 2. The van der Waals surface area contributed by atoms with Crippen LogP contribution in [0.3, 0.4) is 0 Å². The number of ketones is 1. The summed E-state index contributed by atoms with van der Waals surface area (Å²) in [7, 11) is 0. The SMILES string of the molecule is CC(=O)[C@H]1COc2cc(C[C@@H](C)NC[C@H](O)c3ccccc3)ccc2O1. The van der Waals surface area contributed by atoms with Crippen molar-refractivity contribution in [1.29, 1.82) is 0 Å². The number of nitrogens with one attached hydrogen (secondary N) is 1. The van der Waals surface area contributed by atoms with E-state index in [0.29, 0.717) is 18.0 Å². The highest BCUT2D eigenvalue weighted by atomic mass is 16.6. The van der Waals surface area contributed by atoms with Crippen molar-refractivity contribution in [3.05, 3.63) is 59.7 Å². The number of aliphatic hydroxyl groups excluding tert-OH is 1. The van der Waals surface area contributed by atoms with Crippen LogP contribution in [0.25, 0.3) is 0 Å². The van der Waals surface area contributed by atoms with Crippen LogP contribution in [0.1, 0.15) is 31.1 Å². The number of hydrogen-bond acceptors (Lipinski definition) is 5. The van der Waals surface area contributed by atoms with Gasteiger partial charge in [-0.05, 0) is 43.5 Å². The molecule has 2 aromatic rings. The summed E-state index contributed by atoms with van der Waals surface area (Å²) in [4.78, 5) is 11.4. The van der Waals surface area contributed by atoms with Crippen LogP contribution in [0, 0.1) is 0 Å². The molecule has 5 heteroatoms. The van der Waals surface area contributed by atoms with Gasteiger partial charge in [-0.3, -0.25) is 4.79 Å². The van der Waals surface area contributed by atoms with Gasteiger partial charge < -0.3 is 19.9 Å². The van der Waals surface area contributed by atoms with Crippen LogP contribution < -0.4 is 14.8 Å². The standard InChI is InChI=1S/C21H25NO4/c1-14(22-12-18(24)17-6-4-3-5-7-17)10-16-8-9-19-20(11-16)25-13-21(26-19)15(2)23/h3-9,11,14,18,21-22,24H,10,12-13H2,1-2H3/t14-,18+,21-/m1/s1. The molecular weight excluding hydrogens is 330 g/mol. The van der Waals surface area contributed by atoms with Gasteiger partial charge in [0.05, 0.1) is 6.10 Å². The Hall–Kier alpha value is -2.37. The Morgan fingerprint density at radius 1 is 1.23 bits per heavy atom. The van der Waals surface area contributed by atoms with E-state index in [0.717, 1.165) is 17.5 Å². The summed E-state index contributed by atoms with van der Waals surface area (Å²) in [5.41, 5.74) is 2.02. The molecule has 3 rings (SSSR count). The van der Waals surface area contributed by atoms with Gasteiger partial charge in [0.2, 0.25) is 0 Å². The zero-order valence-corrected chi connectivity index (χ0v) is 15.1. The van der Waals surface area contributed by atoms with Crippen LogP contribution in [-0.4, -0.2) is 36.2 Å². The Labute approximate surface area is 153 Å². The molecule has 1 aliphatic heterocycles. The topological polar surface area (TPSA) is 67.8 Å². The smallest absolute Gasteiger partial charge is 0.190 e. The molecule has 1 heterocycles. The number of hydrogen-bond donors (Lipinski definition) is 2. The van der Waals surface area contributed by atoms with Gasteiger partial charge in [-0.25, -0.2) is 0 Å². The number of rotatable bonds is 7. The average Bonchev–Trinajstić information content (AvgIpc) is 2.66. The van der Waals surface area contributed by atoms with Gasteiger partial charge in [-0.2, -0.15) is 0 Å². The lowest BCUT2D eigenvalue weighted by Crippen LogP contribution is -2.35. The predicted molar refractivity (Wildman–Crippen MR) is 99.6 cm³/mol. The summed E-state index contributed by atoms with van der Waals surface area (Å²) in [6.45, 7) is 4.34. The predicted octanol–water partition coefficient (Wildman–Crippen LogP) is 2.67. The number of Topliss-reactive ketones (excluding diaryl/α,β-unsaturated/α-hetero) is 1. The first-order chi connectivity index (χ1) is 12.5. The van der Waals surface area contributed by atoms with Gasteiger partial charge in [-0.15, -0.1) is 0 Å². The summed E-state index contributed by atoms with van der Waals surface area (Å²) >= 11 is 0. The van der Waals surface area contributed by atoms with Crippen LogP contribution >= 0.6 is 0 Å². The van der Waals surface area contributed by atoms with E-state index in [4.69, 9.17) is 9.47 Å². The lowest BCUT2D eigenvalue weighted by molar-refractivity contribution is -0.125. The van der Waals surface area contributed by atoms with E-state index in [1.807, 2.05) is 48.5 Å². The third kappa shape index (κ3) is 4.62. The van der Waals surface area contributed by atoms with Crippen molar-refractivity contribution in [3.8, 4) is 11.5 Å². The van der Waals surface area contributed by atoms with E-state index < -0.39 is 12.2 Å². The van der Waals surface area contributed by atoms with Crippen molar-refractivity contribution in [2.45, 2.75) is 38.5 Å². The Kier molecular flexibility index (Phi) is 5.91. The highest BCUT2D eigenvalue weighted by molar-refractivity contribution is 5.81. The van der Waals surface area contributed by atoms with Crippen molar-refractivity contribution in [2.75, 3.05) is 13.2 Å². The molecule has 138 valence electrons. The lowest BCUT2D eigenvalue weighted by Gasteiger charge is -2.25. The molecule has 0 saturated carbocycles. The highest BCUT2D eigenvalue weighted by Crippen LogP contribution is 2.33. The summed E-state index contributed by atoms with van der Waals surface area (Å²) in [6.07, 6.45) is -0.246. The van der Waals surface area contributed by atoms with Crippen molar-refractivity contribution in [3.63, 3.8) is 0 Å². The Morgan fingerprint density at radius 3 is 2.73 bits per heavy atom. The third-order valence-electron chi connectivity index (χ3n) is 4.51. The van der Waals surface area contributed by atoms with Crippen molar-refractivity contribution in [1.82, 2.24) is 5.32 Å². The van der Waals surface area contributed by atoms with Crippen molar-refractivity contribution in [2.24, 2.45) is 0 Å². The molecule has 1 aliphatic rings. The lowest BCUT2D eigenvalue weighted by atomic mass is 10.0. The van der Waals surface area contributed by atoms with E-state index in [9.17, 15) is 9.90 Å². The van der Waals surface area contributed by atoms with Crippen molar-refractivity contribution >= 4 is 5.78 Å². The molecule has 0 amide bonds. The van der Waals surface area contributed by atoms with Crippen LogP contribution in [0.2, 0.25) is 0 Å². The number of fused-ring (bicyclic) bond motifs is 1. The van der Waals surface area contributed by atoms with Gasteiger partial charge in [0.25, 0.3) is 0 Å². The molecule has 0 aliphatic carbocycles. The second-order valence-electron chi connectivity index (χ2n) is 6.75. The molecule has 0 fully saturated rings. The number of carbonyl (C=O) groups excluding carboxylic acids is 1. The monoisotopic (exact) mass is 355 g/mol. The van der Waals surface area contributed by atoms with E-state index >= 15 is 0 Å². The minimum atomic E-state index is -0.526. The summed E-state index contributed by atoms with van der Waals surface area (Å²) in [5, 5.41) is 13.6. The molecule has 0 unspecified atom stereocenters. The van der Waals surface area contributed by atoms with Gasteiger partial charge in [0.1, 0.15) is 6.61 Å². The first-order valence-electron chi connectivity index (χ1n) is 8.92. The van der Waals surface area contributed by atoms with Gasteiger partial charge >= 0.3 is 0 Å². The fourth-order valence-electron chi connectivity index (χ4n) is 2.97. The van der Waals surface area contributed by atoms with Crippen LogP contribution in [-0.2, 0) is 11.2 Å². The maximum atomic E-state index is 11.4. The minimum Gasteiger partial charge on any atom is -0.485 e. The molecule has 3 atom stereocenters. The van der Waals surface area contributed by atoms with Crippen LogP contribution in [0.5, 0.6) is 11.5 Å². The van der Waals surface area contributed by atoms with Crippen LogP contribution in [0.15, 0.2) is 48.5 Å². The fraction of sp³-hybridized carbons (Fsp3) is 0.381. The number of benzene rings is 2.